The maximum atomic E-state index is 12.9. The van der Waals surface area contributed by atoms with Crippen molar-refractivity contribution < 1.29 is 27.4 Å². The van der Waals surface area contributed by atoms with E-state index in [1.165, 1.54) is 35.2 Å². The summed E-state index contributed by atoms with van der Waals surface area (Å²) in [5, 5.41) is 4.27. The van der Waals surface area contributed by atoms with Gasteiger partial charge in [-0.15, -0.1) is 13.2 Å². The molecule has 154 valence electrons. The van der Waals surface area contributed by atoms with E-state index >= 15 is 0 Å². The van der Waals surface area contributed by atoms with Crippen LogP contribution < -0.4 is 10.3 Å². The van der Waals surface area contributed by atoms with Crippen LogP contribution in [0.4, 0.5) is 13.2 Å². The molecule has 11 heteroatoms. The van der Waals surface area contributed by atoms with Crippen LogP contribution in [0.1, 0.15) is 17.3 Å². The second-order valence-electron chi connectivity index (χ2n) is 6.11. The number of aromatic nitrogens is 4. The Balaban J connectivity index is 1.82. The summed E-state index contributed by atoms with van der Waals surface area (Å²) in [6.07, 6.45) is -0.880. The SMILES string of the molecule is CCOC(=O)c1cnn2c1ncc1c(=O)n(-c3cccc(OC(F)(F)F)c3)ccc12. The fourth-order valence-corrected chi connectivity index (χ4v) is 3.00. The summed E-state index contributed by atoms with van der Waals surface area (Å²) in [5.74, 6) is -1.04. The summed E-state index contributed by atoms with van der Waals surface area (Å²) in [6.45, 7) is 1.86. The van der Waals surface area contributed by atoms with Gasteiger partial charge in [-0.1, -0.05) is 6.07 Å². The summed E-state index contributed by atoms with van der Waals surface area (Å²) >= 11 is 0. The van der Waals surface area contributed by atoms with E-state index in [-0.39, 0.29) is 28.9 Å². The predicted molar refractivity (Wildman–Crippen MR) is 98.7 cm³/mol. The van der Waals surface area contributed by atoms with E-state index in [0.717, 1.165) is 16.7 Å². The standard InChI is InChI=1S/C19H13F3N4O4/c1-2-29-18(28)14-10-24-26-15-6-7-25(17(27)13(15)9-23-16(14)26)11-4-3-5-12(8-11)30-19(20,21)22/h3-10H,2H2,1H3. The third-order valence-electron chi connectivity index (χ3n) is 4.22. The van der Waals surface area contributed by atoms with Crippen molar-refractivity contribution in [3.05, 3.63) is 64.8 Å². The first-order chi connectivity index (χ1) is 14.3. The molecular weight excluding hydrogens is 405 g/mol. The van der Waals surface area contributed by atoms with Crippen molar-refractivity contribution >= 4 is 22.5 Å². The van der Waals surface area contributed by atoms with Crippen LogP contribution >= 0.6 is 0 Å². The molecule has 30 heavy (non-hydrogen) atoms. The Hall–Kier alpha value is -3.89. The highest BCUT2D eigenvalue weighted by atomic mass is 19.4. The molecule has 0 saturated heterocycles. The number of fused-ring (bicyclic) bond motifs is 3. The quantitative estimate of drug-likeness (QED) is 0.474. The zero-order chi connectivity index (χ0) is 21.5. The first-order valence-electron chi connectivity index (χ1n) is 8.70. The average molecular weight is 418 g/mol. The fourth-order valence-electron chi connectivity index (χ4n) is 3.00. The molecule has 0 bridgehead atoms. The molecule has 0 radical (unpaired) electrons. The van der Waals surface area contributed by atoms with E-state index in [1.807, 2.05) is 0 Å². The van der Waals surface area contributed by atoms with Gasteiger partial charge in [-0.25, -0.2) is 14.3 Å². The number of hydrogen-bond donors (Lipinski definition) is 0. The molecule has 0 aliphatic rings. The molecule has 8 nitrogen and oxygen atoms in total. The molecule has 0 aliphatic carbocycles. The average Bonchev–Trinajstić information content (AvgIpc) is 3.12. The summed E-state index contributed by atoms with van der Waals surface area (Å²) in [7, 11) is 0. The molecule has 0 unspecified atom stereocenters. The minimum Gasteiger partial charge on any atom is -0.462 e. The number of esters is 1. The van der Waals surface area contributed by atoms with E-state index < -0.39 is 23.6 Å². The van der Waals surface area contributed by atoms with Gasteiger partial charge in [0.2, 0.25) is 0 Å². The molecule has 0 saturated carbocycles. The number of hydrogen-bond acceptors (Lipinski definition) is 6. The molecule has 3 aromatic heterocycles. The predicted octanol–water partition coefficient (Wildman–Crippen LogP) is 3.11. The van der Waals surface area contributed by atoms with Gasteiger partial charge in [0.1, 0.15) is 11.3 Å². The van der Waals surface area contributed by atoms with Gasteiger partial charge in [-0.2, -0.15) is 5.10 Å². The Morgan fingerprint density at radius 2 is 2.00 bits per heavy atom. The molecule has 0 fully saturated rings. The van der Waals surface area contributed by atoms with Gasteiger partial charge in [0.15, 0.2) is 5.65 Å². The number of carbonyl (C=O) groups excluding carboxylic acids is 1. The van der Waals surface area contributed by atoms with Crippen molar-refractivity contribution in [3.8, 4) is 11.4 Å². The molecule has 4 rings (SSSR count). The Morgan fingerprint density at radius 3 is 2.73 bits per heavy atom. The lowest BCUT2D eigenvalue weighted by molar-refractivity contribution is -0.274. The van der Waals surface area contributed by atoms with Gasteiger partial charge in [0, 0.05) is 18.5 Å². The normalized spacial score (nSPS) is 11.7. The third kappa shape index (κ3) is 3.45. The Bertz CT molecular complexity index is 1330. The number of alkyl halides is 3. The minimum absolute atomic E-state index is 0.153. The second kappa shape index (κ2) is 7.17. The molecule has 0 aliphatic heterocycles. The van der Waals surface area contributed by atoms with Crippen LogP contribution in [-0.4, -0.2) is 38.1 Å². The van der Waals surface area contributed by atoms with Crippen LogP contribution in [0.25, 0.3) is 22.2 Å². The first kappa shape index (κ1) is 19.4. The number of carbonyl (C=O) groups is 1. The molecule has 3 heterocycles. The molecular formula is C19H13F3N4O4. The van der Waals surface area contributed by atoms with E-state index in [9.17, 15) is 22.8 Å². The zero-order valence-corrected chi connectivity index (χ0v) is 15.4. The van der Waals surface area contributed by atoms with E-state index in [4.69, 9.17) is 4.74 Å². The van der Waals surface area contributed by atoms with Gasteiger partial charge < -0.3 is 9.47 Å². The highest BCUT2D eigenvalue weighted by Crippen LogP contribution is 2.24. The van der Waals surface area contributed by atoms with Gasteiger partial charge in [-0.3, -0.25) is 9.36 Å². The summed E-state index contributed by atoms with van der Waals surface area (Å²) < 4.78 is 48.8. The van der Waals surface area contributed by atoms with Gasteiger partial charge in [0.25, 0.3) is 5.56 Å². The molecule has 0 atom stereocenters. The monoisotopic (exact) mass is 418 g/mol. The van der Waals surface area contributed by atoms with Crippen molar-refractivity contribution in [1.29, 1.82) is 0 Å². The number of pyridine rings is 1. The zero-order valence-electron chi connectivity index (χ0n) is 15.4. The van der Waals surface area contributed by atoms with Crippen molar-refractivity contribution in [3.63, 3.8) is 0 Å². The Morgan fingerprint density at radius 1 is 1.20 bits per heavy atom. The highest BCUT2D eigenvalue weighted by molar-refractivity contribution is 5.97. The lowest BCUT2D eigenvalue weighted by Gasteiger charge is -2.12. The number of rotatable bonds is 4. The van der Waals surface area contributed by atoms with Crippen molar-refractivity contribution in [2.45, 2.75) is 13.3 Å². The van der Waals surface area contributed by atoms with Crippen LogP contribution in [0.5, 0.6) is 5.75 Å². The smallest absolute Gasteiger partial charge is 0.462 e. The summed E-state index contributed by atoms with van der Waals surface area (Å²) in [5.41, 5.74) is 0.397. The van der Waals surface area contributed by atoms with E-state index in [1.54, 1.807) is 13.0 Å². The maximum absolute atomic E-state index is 12.9. The van der Waals surface area contributed by atoms with Crippen molar-refractivity contribution in [1.82, 2.24) is 19.2 Å². The molecule has 0 N–H and O–H groups in total. The van der Waals surface area contributed by atoms with Crippen LogP contribution in [0, 0.1) is 0 Å². The van der Waals surface area contributed by atoms with Gasteiger partial charge in [-0.05, 0) is 25.1 Å². The maximum Gasteiger partial charge on any atom is 0.573 e. The fraction of sp³-hybridized carbons (Fsp3) is 0.158. The van der Waals surface area contributed by atoms with Gasteiger partial charge in [0.05, 0.1) is 29.4 Å². The Labute approximate surface area is 166 Å². The van der Waals surface area contributed by atoms with Gasteiger partial charge >= 0.3 is 12.3 Å². The number of ether oxygens (including phenoxy) is 2. The van der Waals surface area contributed by atoms with Crippen LogP contribution in [0.3, 0.4) is 0 Å². The molecule has 0 spiro atoms. The van der Waals surface area contributed by atoms with Crippen molar-refractivity contribution in [2.24, 2.45) is 0 Å². The molecule has 4 aromatic rings. The number of halogens is 3. The third-order valence-corrected chi connectivity index (χ3v) is 4.22. The highest BCUT2D eigenvalue weighted by Gasteiger charge is 2.31. The molecule has 0 amide bonds. The summed E-state index contributed by atoms with van der Waals surface area (Å²) in [4.78, 5) is 29.1. The molecule has 1 aromatic carbocycles. The van der Waals surface area contributed by atoms with E-state index in [2.05, 4.69) is 14.8 Å². The lowest BCUT2D eigenvalue weighted by atomic mass is 10.2. The van der Waals surface area contributed by atoms with Crippen molar-refractivity contribution in [2.75, 3.05) is 6.61 Å². The van der Waals surface area contributed by atoms with E-state index in [0.29, 0.717) is 5.52 Å². The number of benzene rings is 1. The largest absolute Gasteiger partial charge is 0.573 e. The second-order valence-corrected chi connectivity index (χ2v) is 6.11. The van der Waals surface area contributed by atoms with Crippen LogP contribution in [0.15, 0.2) is 53.7 Å². The lowest BCUT2D eigenvalue weighted by Crippen LogP contribution is -2.20. The topological polar surface area (TPSA) is 87.7 Å². The van der Waals surface area contributed by atoms with Crippen LogP contribution in [-0.2, 0) is 4.74 Å². The number of nitrogens with zero attached hydrogens (tertiary/aromatic N) is 4. The summed E-state index contributed by atoms with van der Waals surface area (Å²) in [6, 6.07) is 6.59. The Kier molecular flexibility index (Phi) is 4.65. The minimum atomic E-state index is -4.85. The van der Waals surface area contributed by atoms with Crippen LogP contribution in [0.2, 0.25) is 0 Å². The first-order valence-corrected chi connectivity index (χ1v) is 8.70.